The highest BCUT2D eigenvalue weighted by Crippen LogP contribution is 2.42. The maximum atomic E-state index is 10.0. The van der Waals surface area contributed by atoms with Gasteiger partial charge in [0, 0.05) is 42.7 Å². The summed E-state index contributed by atoms with van der Waals surface area (Å²) in [4.78, 5) is 0. The van der Waals surface area contributed by atoms with Gasteiger partial charge in [-0.1, -0.05) is 66.2 Å². The van der Waals surface area contributed by atoms with Crippen LogP contribution in [0.4, 0.5) is 0 Å². The van der Waals surface area contributed by atoms with E-state index < -0.39 is 0 Å². The summed E-state index contributed by atoms with van der Waals surface area (Å²) in [5.74, 6) is 0. The van der Waals surface area contributed by atoms with Crippen LogP contribution in [0.5, 0.6) is 0 Å². The molecule has 0 saturated heterocycles. The number of hydrogen-bond donors (Lipinski definition) is 0. The van der Waals surface area contributed by atoms with Crippen molar-refractivity contribution < 1.29 is 0 Å². The summed E-state index contributed by atoms with van der Waals surface area (Å²) in [7, 11) is 0. The number of rotatable bonds is 2. The lowest BCUT2D eigenvalue weighted by atomic mass is 10.1. The van der Waals surface area contributed by atoms with E-state index in [4.69, 9.17) is 0 Å². The second-order valence-corrected chi connectivity index (χ2v) is 12.1. The van der Waals surface area contributed by atoms with Crippen molar-refractivity contribution in [1.82, 2.24) is 9.13 Å². The second kappa shape index (κ2) is 8.57. The molecule has 3 nitrogen and oxygen atoms in total. The first-order valence-corrected chi connectivity index (χ1v) is 14.9. The van der Waals surface area contributed by atoms with Crippen LogP contribution in [0.15, 0.2) is 121 Å². The molecule has 0 fully saturated rings. The largest absolute Gasteiger partial charge is 0.309 e. The first-order valence-electron chi connectivity index (χ1n) is 14.1. The average molecular weight is 554 g/mol. The van der Waals surface area contributed by atoms with Crippen LogP contribution in [0.1, 0.15) is 11.1 Å². The molecule has 4 heteroatoms. The molecule has 0 amide bonds. The van der Waals surface area contributed by atoms with E-state index >= 15 is 0 Å². The molecule has 0 aliphatic carbocycles. The quantitative estimate of drug-likeness (QED) is 0.210. The number of fused-ring (bicyclic) bond motifs is 9. The van der Waals surface area contributed by atoms with Gasteiger partial charge in [0.1, 0.15) is 0 Å². The Morgan fingerprint density at radius 1 is 0.548 bits per heavy atom. The first-order chi connectivity index (χ1) is 20.7. The number of nitriles is 1. The number of hydrogen-bond acceptors (Lipinski definition) is 2. The molecule has 42 heavy (non-hydrogen) atoms. The van der Waals surface area contributed by atoms with Gasteiger partial charge in [-0.05, 0) is 67.6 Å². The lowest BCUT2D eigenvalue weighted by Gasteiger charge is -2.12. The lowest BCUT2D eigenvalue weighted by Crippen LogP contribution is -1.96. The van der Waals surface area contributed by atoms with Crippen molar-refractivity contribution in [2.24, 2.45) is 0 Å². The number of benzene rings is 6. The molecule has 3 heterocycles. The van der Waals surface area contributed by atoms with Gasteiger partial charge in [0.2, 0.25) is 0 Å². The van der Waals surface area contributed by atoms with Crippen molar-refractivity contribution >= 4 is 75.1 Å². The van der Waals surface area contributed by atoms with Gasteiger partial charge >= 0.3 is 0 Å². The minimum atomic E-state index is 0.671. The summed E-state index contributed by atoms with van der Waals surface area (Å²) in [5.41, 5.74) is 8.80. The highest BCUT2D eigenvalue weighted by molar-refractivity contribution is 7.26. The Bertz CT molecular complexity index is 2600. The van der Waals surface area contributed by atoms with Gasteiger partial charge in [-0.15, -0.1) is 11.3 Å². The second-order valence-electron chi connectivity index (χ2n) is 11.0. The van der Waals surface area contributed by atoms with Crippen molar-refractivity contribution in [3.8, 4) is 17.4 Å². The van der Waals surface area contributed by atoms with E-state index in [1.165, 1.54) is 52.9 Å². The average Bonchev–Trinajstić information content (AvgIpc) is 3.68. The maximum Gasteiger partial charge on any atom is 0.0992 e. The van der Waals surface area contributed by atoms with E-state index in [0.29, 0.717) is 5.56 Å². The Balaban J connectivity index is 1.39. The van der Waals surface area contributed by atoms with Crippen LogP contribution < -0.4 is 0 Å². The normalized spacial score (nSPS) is 11.9. The Morgan fingerprint density at radius 3 is 1.95 bits per heavy atom. The molecule has 0 atom stereocenters. The van der Waals surface area contributed by atoms with Gasteiger partial charge in [-0.25, -0.2) is 0 Å². The molecule has 0 aliphatic rings. The fourth-order valence-corrected chi connectivity index (χ4v) is 7.95. The van der Waals surface area contributed by atoms with Crippen molar-refractivity contribution in [3.05, 3.63) is 132 Å². The Hall–Kier alpha value is -5.37. The van der Waals surface area contributed by atoms with Crippen LogP contribution >= 0.6 is 11.3 Å². The smallest absolute Gasteiger partial charge is 0.0992 e. The topological polar surface area (TPSA) is 33.6 Å². The third-order valence-corrected chi connectivity index (χ3v) is 9.78. The molecule has 196 valence electrons. The summed E-state index contributed by atoms with van der Waals surface area (Å²) in [5, 5.41) is 17.3. The van der Waals surface area contributed by atoms with Gasteiger partial charge in [-0.3, -0.25) is 0 Å². The standard InChI is InChI=1S/C38H23N3S/c1-23-14-16-34-29(18-23)26-8-2-5-11-32(26)40(34)25-15-17-35-30(21-25)27-9-3-6-12-33(27)41(35)36-20-24(22-39)19-31-28-10-4-7-13-37(28)42-38(31)36/h2-21H,1H3. The molecule has 0 spiro atoms. The van der Waals surface area contributed by atoms with Gasteiger partial charge in [0.05, 0.1) is 44.1 Å². The molecule has 0 bridgehead atoms. The van der Waals surface area contributed by atoms with Crippen LogP contribution in [0.2, 0.25) is 0 Å². The fourth-order valence-electron chi connectivity index (χ4n) is 6.76. The highest BCUT2D eigenvalue weighted by atomic mass is 32.1. The summed E-state index contributed by atoms with van der Waals surface area (Å²) in [6, 6.07) is 45.8. The minimum absolute atomic E-state index is 0.671. The Kier molecular flexibility index (Phi) is 4.76. The van der Waals surface area contributed by atoms with Gasteiger partial charge in [0.25, 0.3) is 0 Å². The molecular formula is C38H23N3S. The van der Waals surface area contributed by atoms with E-state index in [9.17, 15) is 5.26 Å². The Labute approximate surface area is 245 Å². The van der Waals surface area contributed by atoms with Crippen LogP contribution in [0.3, 0.4) is 0 Å². The first kappa shape index (κ1) is 23.3. The summed E-state index contributed by atoms with van der Waals surface area (Å²) >= 11 is 1.79. The van der Waals surface area contributed by atoms with Gasteiger partial charge in [-0.2, -0.15) is 5.26 Å². The van der Waals surface area contributed by atoms with Crippen LogP contribution in [0.25, 0.3) is 75.2 Å². The minimum Gasteiger partial charge on any atom is -0.309 e. The molecule has 0 aliphatic heterocycles. The van der Waals surface area contributed by atoms with Crippen molar-refractivity contribution in [2.45, 2.75) is 6.92 Å². The summed E-state index contributed by atoms with van der Waals surface area (Å²) < 4.78 is 7.16. The van der Waals surface area contributed by atoms with E-state index in [1.807, 2.05) is 12.1 Å². The van der Waals surface area contributed by atoms with E-state index in [2.05, 4.69) is 131 Å². The monoisotopic (exact) mass is 553 g/mol. The van der Waals surface area contributed by atoms with Gasteiger partial charge < -0.3 is 9.13 Å². The summed E-state index contributed by atoms with van der Waals surface area (Å²) in [6.45, 7) is 2.15. The molecule has 9 aromatic rings. The third-order valence-electron chi connectivity index (χ3n) is 8.57. The molecule has 0 N–H and O–H groups in total. The predicted molar refractivity (Wildman–Crippen MR) is 177 cm³/mol. The number of aryl methyl sites for hydroxylation is 1. The van der Waals surface area contributed by atoms with E-state index in [-0.39, 0.29) is 0 Å². The molecule has 6 aromatic carbocycles. The highest BCUT2D eigenvalue weighted by Gasteiger charge is 2.19. The van der Waals surface area contributed by atoms with E-state index in [0.717, 1.165) is 27.8 Å². The zero-order valence-corrected chi connectivity index (χ0v) is 23.6. The maximum absolute atomic E-state index is 10.0. The van der Waals surface area contributed by atoms with Crippen molar-refractivity contribution in [3.63, 3.8) is 0 Å². The van der Waals surface area contributed by atoms with Crippen LogP contribution in [-0.4, -0.2) is 9.13 Å². The molecule has 9 rings (SSSR count). The molecular weight excluding hydrogens is 531 g/mol. The van der Waals surface area contributed by atoms with Crippen LogP contribution in [-0.2, 0) is 0 Å². The zero-order valence-electron chi connectivity index (χ0n) is 22.8. The number of para-hydroxylation sites is 2. The van der Waals surface area contributed by atoms with Crippen molar-refractivity contribution in [2.75, 3.05) is 0 Å². The van der Waals surface area contributed by atoms with Crippen molar-refractivity contribution in [1.29, 1.82) is 5.26 Å². The fraction of sp³-hybridized carbons (Fsp3) is 0.0263. The third kappa shape index (κ3) is 3.14. The number of aromatic nitrogens is 2. The SMILES string of the molecule is Cc1ccc2c(c1)c1ccccc1n2-c1ccc2c(c1)c1ccccc1n2-c1cc(C#N)cc2c1sc1ccccc12. The zero-order chi connectivity index (χ0) is 27.9. The molecule has 3 aromatic heterocycles. The van der Waals surface area contributed by atoms with E-state index in [1.54, 1.807) is 11.3 Å². The summed E-state index contributed by atoms with van der Waals surface area (Å²) in [6.07, 6.45) is 0. The predicted octanol–water partition coefficient (Wildman–Crippen LogP) is 10.4. The Morgan fingerprint density at radius 2 is 1.17 bits per heavy atom. The number of thiophene rings is 1. The molecule has 0 unspecified atom stereocenters. The van der Waals surface area contributed by atoms with Crippen LogP contribution in [0, 0.1) is 18.3 Å². The number of nitrogens with zero attached hydrogens (tertiary/aromatic N) is 3. The van der Waals surface area contributed by atoms with Gasteiger partial charge in [0.15, 0.2) is 0 Å². The molecule has 0 saturated carbocycles. The molecule has 0 radical (unpaired) electrons. The lowest BCUT2D eigenvalue weighted by molar-refractivity contribution is 1.17.